The van der Waals surface area contributed by atoms with Crippen LogP contribution in [0.1, 0.15) is 13.3 Å². The molecule has 12 heavy (non-hydrogen) atoms. The summed E-state index contributed by atoms with van der Waals surface area (Å²) in [6.07, 6.45) is 2.33. The Morgan fingerprint density at radius 1 is 1.67 bits per heavy atom. The number of hydrogen-bond donors (Lipinski definition) is 2. The molecule has 0 saturated carbocycles. The first-order valence-corrected chi connectivity index (χ1v) is 5.08. The molecule has 0 saturated heterocycles. The van der Waals surface area contributed by atoms with Crippen LogP contribution in [0.3, 0.4) is 0 Å². The van der Waals surface area contributed by atoms with Crippen LogP contribution in [-0.2, 0) is 4.79 Å². The van der Waals surface area contributed by atoms with E-state index in [0.29, 0.717) is 18.5 Å². The van der Waals surface area contributed by atoms with Crippen LogP contribution in [-0.4, -0.2) is 29.1 Å². The molecule has 70 valence electrons. The number of hydrogen-bond acceptors (Lipinski definition) is 3. The van der Waals surface area contributed by atoms with E-state index >= 15 is 0 Å². The molecule has 0 atom stereocenters. The first kappa shape index (κ1) is 11.5. The normalized spacial score (nSPS) is 11.7. The summed E-state index contributed by atoms with van der Waals surface area (Å²) in [4.78, 5) is 10.5. The van der Waals surface area contributed by atoms with Crippen molar-refractivity contribution < 1.29 is 9.90 Å². The molecule has 0 aromatic heterocycles. The van der Waals surface area contributed by atoms with Crippen molar-refractivity contribution in [2.45, 2.75) is 13.3 Å². The highest BCUT2D eigenvalue weighted by Crippen LogP contribution is 2.05. The van der Waals surface area contributed by atoms with Gasteiger partial charge in [-0.25, -0.2) is 4.79 Å². The van der Waals surface area contributed by atoms with Crippen LogP contribution in [0.15, 0.2) is 11.6 Å². The maximum atomic E-state index is 10.5. The van der Waals surface area contributed by atoms with E-state index in [1.807, 2.05) is 6.92 Å². The number of aliphatic carboxylic acids is 1. The van der Waals surface area contributed by atoms with Crippen molar-refractivity contribution in [3.05, 3.63) is 11.6 Å². The van der Waals surface area contributed by atoms with Gasteiger partial charge in [-0.3, -0.25) is 0 Å². The number of carboxylic acid groups (broad SMARTS) is 1. The largest absolute Gasteiger partial charge is 0.478 e. The van der Waals surface area contributed by atoms with Crippen LogP contribution in [0, 0.1) is 0 Å². The van der Waals surface area contributed by atoms with Crippen LogP contribution in [0.25, 0.3) is 0 Å². The molecule has 0 radical (unpaired) electrons. The topological polar surface area (TPSA) is 63.3 Å². The Bertz CT molecular complexity index is 168. The summed E-state index contributed by atoms with van der Waals surface area (Å²) in [5.74, 6) is 0.811. The summed E-state index contributed by atoms with van der Waals surface area (Å²) >= 11 is 1.65. The Morgan fingerprint density at radius 2 is 2.33 bits per heavy atom. The molecule has 4 heteroatoms. The van der Waals surface area contributed by atoms with E-state index in [9.17, 15) is 4.79 Å². The van der Waals surface area contributed by atoms with E-state index in [1.54, 1.807) is 17.8 Å². The van der Waals surface area contributed by atoms with Crippen molar-refractivity contribution in [2.24, 2.45) is 5.73 Å². The molecular weight excluding hydrogens is 174 g/mol. The third-order valence-corrected chi connectivity index (χ3v) is 2.29. The maximum Gasteiger partial charge on any atom is 0.331 e. The molecule has 0 bridgehead atoms. The number of carboxylic acids is 1. The number of nitrogens with two attached hydrogens (primary N) is 1. The summed E-state index contributed by atoms with van der Waals surface area (Å²) in [5.41, 5.74) is 5.77. The van der Waals surface area contributed by atoms with Crippen LogP contribution in [0.4, 0.5) is 0 Å². The van der Waals surface area contributed by atoms with Crippen LogP contribution in [0.5, 0.6) is 0 Å². The lowest BCUT2D eigenvalue weighted by molar-refractivity contribution is -0.132. The van der Waals surface area contributed by atoms with Crippen LogP contribution in [0.2, 0.25) is 0 Å². The Hall–Kier alpha value is -0.480. The lowest BCUT2D eigenvalue weighted by atomic mass is 10.2. The zero-order chi connectivity index (χ0) is 9.40. The molecular formula is C8H15NO2S. The van der Waals surface area contributed by atoms with Gasteiger partial charge in [0.1, 0.15) is 0 Å². The minimum Gasteiger partial charge on any atom is -0.478 e. The molecule has 0 fully saturated rings. The first-order valence-electron chi connectivity index (χ1n) is 3.92. The highest BCUT2D eigenvalue weighted by atomic mass is 32.2. The summed E-state index contributed by atoms with van der Waals surface area (Å²) in [6.45, 7) is 2.49. The van der Waals surface area contributed by atoms with Crippen molar-refractivity contribution >= 4 is 17.7 Å². The average Bonchev–Trinajstić information content (AvgIpc) is 2.04. The van der Waals surface area contributed by atoms with E-state index in [4.69, 9.17) is 10.8 Å². The fourth-order valence-corrected chi connectivity index (χ4v) is 1.36. The Balaban J connectivity index is 3.71. The van der Waals surface area contributed by atoms with E-state index in [0.717, 1.165) is 11.5 Å². The molecule has 0 heterocycles. The van der Waals surface area contributed by atoms with Crippen molar-refractivity contribution in [1.29, 1.82) is 0 Å². The van der Waals surface area contributed by atoms with E-state index in [-0.39, 0.29) is 0 Å². The Morgan fingerprint density at radius 3 is 2.75 bits per heavy atom. The molecule has 3 N–H and O–H groups in total. The van der Waals surface area contributed by atoms with Crippen molar-refractivity contribution in [1.82, 2.24) is 0 Å². The highest BCUT2D eigenvalue weighted by Gasteiger charge is 2.01. The molecule has 0 spiro atoms. The number of thioether (sulfide) groups is 1. The molecule has 0 aromatic carbocycles. The lowest BCUT2D eigenvalue weighted by Gasteiger charge is -1.97. The summed E-state index contributed by atoms with van der Waals surface area (Å²) in [7, 11) is 0. The molecule has 0 aromatic rings. The Kier molecular flexibility index (Phi) is 6.90. The van der Waals surface area contributed by atoms with Gasteiger partial charge in [0.05, 0.1) is 0 Å². The smallest absolute Gasteiger partial charge is 0.331 e. The third kappa shape index (κ3) is 5.21. The van der Waals surface area contributed by atoms with E-state index < -0.39 is 5.97 Å². The van der Waals surface area contributed by atoms with Gasteiger partial charge < -0.3 is 10.8 Å². The monoisotopic (exact) mass is 189 g/mol. The quantitative estimate of drug-likeness (QED) is 0.485. The SMILES string of the molecule is CCC(=CCSCCN)C(=O)O. The highest BCUT2D eigenvalue weighted by molar-refractivity contribution is 7.99. The van der Waals surface area contributed by atoms with Gasteiger partial charge in [0.25, 0.3) is 0 Å². The van der Waals surface area contributed by atoms with Gasteiger partial charge in [-0.2, -0.15) is 11.8 Å². The number of rotatable bonds is 6. The number of carbonyl (C=O) groups is 1. The van der Waals surface area contributed by atoms with Crippen molar-refractivity contribution in [2.75, 3.05) is 18.1 Å². The van der Waals surface area contributed by atoms with Gasteiger partial charge in [-0.15, -0.1) is 0 Å². The second-order valence-electron chi connectivity index (χ2n) is 2.25. The molecule has 0 aliphatic rings. The summed E-state index contributed by atoms with van der Waals surface area (Å²) in [6, 6.07) is 0. The van der Waals surface area contributed by atoms with E-state index in [2.05, 4.69) is 0 Å². The fraction of sp³-hybridized carbons (Fsp3) is 0.625. The Labute approximate surface area is 77.0 Å². The first-order chi connectivity index (χ1) is 5.72. The second kappa shape index (κ2) is 7.18. The average molecular weight is 189 g/mol. The van der Waals surface area contributed by atoms with Gasteiger partial charge >= 0.3 is 5.97 Å². The van der Waals surface area contributed by atoms with Gasteiger partial charge in [0, 0.05) is 23.6 Å². The molecule has 3 nitrogen and oxygen atoms in total. The zero-order valence-corrected chi connectivity index (χ0v) is 8.06. The zero-order valence-electron chi connectivity index (χ0n) is 7.25. The third-order valence-electron chi connectivity index (χ3n) is 1.37. The van der Waals surface area contributed by atoms with Crippen molar-refractivity contribution in [3.8, 4) is 0 Å². The summed E-state index contributed by atoms with van der Waals surface area (Å²) < 4.78 is 0. The lowest BCUT2D eigenvalue weighted by Crippen LogP contribution is -2.02. The van der Waals surface area contributed by atoms with Gasteiger partial charge in [-0.05, 0) is 6.42 Å². The minimum atomic E-state index is -0.814. The van der Waals surface area contributed by atoms with Crippen LogP contribution >= 0.6 is 11.8 Å². The molecule has 0 amide bonds. The standard InChI is InChI=1S/C8H15NO2S/c1-2-7(8(10)11)3-5-12-6-4-9/h3H,2,4-6,9H2,1H3,(H,10,11). The minimum absolute atomic E-state index is 0.486. The molecule has 0 unspecified atom stereocenters. The maximum absolute atomic E-state index is 10.5. The fourth-order valence-electron chi connectivity index (χ4n) is 0.709. The van der Waals surface area contributed by atoms with Gasteiger partial charge in [0.15, 0.2) is 0 Å². The second-order valence-corrected chi connectivity index (χ2v) is 3.40. The van der Waals surface area contributed by atoms with E-state index in [1.165, 1.54) is 0 Å². The van der Waals surface area contributed by atoms with Gasteiger partial charge in [-0.1, -0.05) is 13.0 Å². The van der Waals surface area contributed by atoms with Crippen LogP contribution < -0.4 is 5.73 Å². The molecule has 0 aliphatic heterocycles. The van der Waals surface area contributed by atoms with Gasteiger partial charge in [0.2, 0.25) is 0 Å². The predicted octanol–water partition coefficient (Wildman–Crippen LogP) is 1.10. The summed E-state index contributed by atoms with van der Waals surface area (Å²) in [5, 5.41) is 8.63. The van der Waals surface area contributed by atoms with Crippen molar-refractivity contribution in [3.63, 3.8) is 0 Å². The predicted molar refractivity (Wildman–Crippen MR) is 52.4 cm³/mol. The molecule has 0 rings (SSSR count). The molecule has 0 aliphatic carbocycles.